The molecular formula is C29H31Cl2N3O2. The second kappa shape index (κ2) is 9.68. The van der Waals surface area contributed by atoms with Gasteiger partial charge in [0.2, 0.25) is 5.88 Å². The van der Waals surface area contributed by atoms with Gasteiger partial charge in [0.25, 0.3) is 5.91 Å². The normalized spacial score (nSPS) is 22.9. The van der Waals surface area contributed by atoms with Crippen molar-refractivity contribution < 1.29 is 9.53 Å². The third kappa shape index (κ3) is 4.59. The number of amides is 1. The van der Waals surface area contributed by atoms with E-state index in [0.29, 0.717) is 28.0 Å². The molecule has 0 unspecified atom stereocenters. The second-order valence-electron chi connectivity index (χ2n) is 10.5. The number of halogens is 2. The number of hydrogen-bond donors (Lipinski definition) is 0. The summed E-state index contributed by atoms with van der Waals surface area (Å²) in [6.07, 6.45) is 11.9. The average molecular weight is 524 g/mol. The largest absolute Gasteiger partial charge is 0.481 e. The standard InChI is InChI=1S/C29H31Cl2N3O2/c1-19-12-21(17-33-26(19)36-3)29-8-5-28(6-9-29,7-10-29)18-34(24-14-22(30)13-23(31)15-24)27(35)25-4-11-32-16-20(25)2/h4,11-17H,5-10,18H2,1-3H3. The van der Waals surface area contributed by atoms with Gasteiger partial charge in [-0.2, -0.15) is 0 Å². The Morgan fingerprint density at radius 3 is 2.22 bits per heavy atom. The molecule has 2 bridgehead atoms. The molecular weight excluding hydrogens is 493 g/mol. The zero-order chi connectivity index (χ0) is 25.5. The van der Waals surface area contributed by atoms with E-state index in [1.165, 1.54) is 5.56 Å². The minimum atomic E-state index is -0.0417. The first-order chi connectivity index (χ1) is 17.2. The van der Waals surface area contributed by atoms with Crippen LogP contribution in [0.2, 0.25) is 10.0 Å². The van der Waals surface area contributed by atoms with Gasteiger partial charge in [0.15, 0.2) is 0 Å². The Hall–Kier alpha value is -2.63. The number of nitrogens with zero attached hydrogens (tertiary/aromatic N) is 3. The fraction of sp³-hybridized carbons (Fsp3) is 0.414. The molecule has 6 rings (SSSR count). The van der Waals surface area contributed by atoms with Gasteiger partial charge in [-0.1, -0.05) is 23.2 Å². The summed E-state index contributed by atoms with van der Waals surface area (Å²) < 4.78 is 5.38. The fourth-order valence-electron chi connectivity index (χ4n) is 6.17. The number of carbonyl (C=O) groups excluding carboxylic acids is 1. The van der Waals surface area contributed by atoms with Gasteiger partial charge >= 0.3 is 0 Å². The average Bonchev–Trinajstić information content (AvgIpc) is 2.88. The number of anilines is 1. The molecule has 0 radical (unpaired) electrons. The molecule has 1 amide bonds. The van der Waals surface area contributed by atoms with Crippen molar-refractivity contribution >= 4 is 34.8 Å². The van der Waals surface area contributed by atoms with Crippen LogP contribution in [0.5, 0.6) is 5.88 Å². The van der Waals surface area contributed by atoms with Crippen LogP contribution in [0.1, 0.15) is 65.6 Å². The van der Waals surface area contributed by atoms with E-state index in [0.717, 1.165) is 55.3 Å². The molecule has 0 spiro atoms. The van der Waals surface area contributed by atoms with Gasteiger partial charge in [0.05, 0.1) is 7.11 Å². The van der Waals surface area contributed by atoms with Crippen molar-refractivity contribution in [3.8, 4) is 5.88 Å². The van der Waals surface area contributed by atoms with Gasteiger partial charge < -0.3 is 9.64 Å². The molecule has 0 N–H and O–H groups in total. The quantitative estimate of drug-likeness (QED) is 0.338. The second-order valence-corrected chi connectivity index (χ2v) is 11.4. The van der Waals surface area contributed by atoms with E-state index in [-0.39, 0.29) is 16.7 Å². The summed E-state index contributed by atoms with van der Waals surface area (Å²) in [6.45, 7) is 4.62. The summed E-state index contributed by atoms with van der Waals surface area (Å²) in [6, 6.07) is 9.41. The Labute approximate surface area is 222 Å². The van der Waals surface area contributed by atoms with Gasteiger partial charge in [-0.3, -0.25) is 9.78 Å². The predicted octanol–water partition coefficient (Wildman–Crippen LogP) is 7.35. The van der Waals surface area contributed by atoms with Gasteiger partial charge in [0, 0.05) is 52.0 Å². The summed E-state index contributed by atoms with van der Waals surface area (Å²) in [5, 5.41) is 1.04. The van der Waals surface area contributed by atoms with Crippen molar-refractivity contribution in [1.29, 1.82) is 0 Å². The lowest BCUT2D eigenvalue weighted by Gasteiger charge is -2.55. The number of fused-ring (bicyclic) bond motifs is 3. The highest BCUT2D eigenvalue weighted by atomic mass is 35.5. The number of rotatable bonds is 6. The van der Waals surface area contributed by atoms with Crippen molar-refractivity contribution in [3.63, 3.8) is 0 Å². The third-order valence-electron chi connectivity index (χ3n) is 8.39. The van der Waals surface area contributed by atoms with E-state index >= 15 is 0 Å². The summed E-state index contributed by atoms with van der Waals surface area (Å²) in [5.74, 6) is 0.650. The van der Waals surface area contributed by atoms with E-state index in [9.17, 15) is 4.79 Å². The summed E-state index contributed by atoms with van der Waals surface area (Å²) in [7, 11) is 1.66. The Kier molecular flexibility index (Phi) is 6.73. The van der Waals surface area contributed by atoms with Crippen LogP contribution in [0.3, 0.4) is 0 Å². The molecule has 3 saturated carbocycles. The van der Waals surface area contributed by atoms with Crippen molar-refractivity contribution in [3.05, 3.63) is 81.2 Å². The third-order valence-corrected chi connectivity index (χ3v) is 8.82. The molecule has 36 heavy (non-hydrogen) atoms. The first kappa shape index (κ1) is 25.0. The first-order valence-corrected chi connectivity index (χ1v) is 13.2. The van der Waals surface area contributed by atoms with Gasteiger partial charge in [-0.05, 0) is 105 Å². The molecule has 7 heteroatoms. The van der Waals surface area contributed by atoms with Crippen LogP contribution in [0.15, 0.2) is 48.9 Å². The van der Waals surface area contributed by atoms with Crippen LogP contribution >= 0.6 is 23.2 Å². The molecule has 188 valence electrons. The van der Waals surface area contributed by atoms with E-state index in [1.807, 2.05) is 30.2 Å². The molecule has 2 aromatic heterocycles. The number of benzene rings is 1. The van der Waals surface area contributed by atoms with Crippen molar-refractivity contribution in [2.24, 2.45) is 5.41 Å². The first-order valence-electron chi connectivity index (χ1n) is 12.4. The summed E-state index contributed by atoms with van der Waals surface area (Å²) >= 11 is 12.7. The SMILES string of the molecule is COc1ncc(C23CCC(CN(C(=O)c4ccncc4C)c4cc(Cl)cc(Cl)c4)(CC2)CC3)cc1C. The molecule has 0 atom stereocenters. The lowest BCUT2D eigenvalue weighted by molar-refractivity contribution is 0.0439. The zero-order valence-electron chi connectivity index (χ0n) is 21.0. The van der Waals surface area contributed by atoms with Crippen molar-refractivity contribution in [2.75, 3.05) is 18.6 Å². The van der Waals surface area contributed by atoms with Gasteiger partial charge in [-0.25, -0.2) is 4.98 Å². The molecule has 2 heterocycles. The predicted molar refractivity (Wildman–Crippen MR) is 144 cm³/mol. The van der Waals surface area contributed by atoms with E-state index in [1.54, 1.807) is 31.6 Å². The Morgan fingerprint density at radius 1 is 0.972 bits per heavy atom. The Balaban J connectivity index is 1.44. The molecule has 0 aliphatic heterocycles. The fourth-order valence-corrected chi connectivity index (χ4v) is 6.68. The molecule has 3 aliphatic rings. The maximum atomic E-state index is 13.9. The number of aromatic nitrogens is 2. The van der Waals surface area contributed by atoms with Crippen LogP contribution in [0.4, 0.5) is 5.69 Å². The number of pyridine rings is 2. The maximum absolute atomic E-state index is 13.9. The summed E-state index contributed by atoms with van der Waals surface area (Å²) in [4.78, 5) is 24.5. The van der Waals surface area contributed by atoms with Crippen molar-refractivity contribution in [1.82, 2.24) is 9.97 Å². The van der Waals surface area contributed by atoms with Gasteiger partial charge in [-0.15, -0.1) is 0 Å². The highest BCUT2D eigenvalue weighted by Gasteiger charge is 2.50. The van der Waals surface area contributed by atoms with Crippen LogP contribution in [0.25, 0.3) is 0 Å². The highest BCUT2D eigenvalue weighted by molar-refractivity contribution is 6.35. The minimum absolute atomic E-state index is 0.0417. The smallest absolute Gasteiger partial charge is 0.258 e. The van der Waals surface area contributed by atoms with Crippen LogP contribution in [-0.2, 0) is 5.41 Å². The molecule has 3 fully saturated rings. The molecule has 3 aromatic rings. The monoisotopic (exact) mass is 523 g/mol. The lowest BCUT2D eigenvalue weighted by Crippen LogP contribution is -2.50. The number of aryl methyl sites for hydroxylation is 2. The zero-order valence-corrected chi connectivity index (χ0v) is 22.5. The van der Waals surface area contributed by atoms with Crippen molar-refractivity contribution in [2.45, 2.75) is 57.8 Å². The summed E-state index contributed by atoms with van der Waals surface area (Å²) in [5.41, 5.74) is 4.85. The van der Waals surface area contributed by atoms with Crippen LogP contribution in [0, 0.1) is 19.3 Å². The van der Waals surface area contributed by atoms with Crippen LogP contribution in [-0.4, -0.2) is 29.5 Å². The Morgan fingerprint density at radius 2 is 1.64 bits per heavy atom. The molecule has 3 aliphatic carbocycles. The number of methoxy groups -OCH3 is 1. The number of carbonyl (C=O) groups is 1. The lowest BCUT2D eigenvalue weighted by atomic mass is 9.52. The molecule has 5 nitrogen and oxygen atoms in total. The molecule has 0 saturated heterocycles. The highest BCUT2D eigenvalue weighted by Crippen LogP contribution is 2.58. The Bertz CT molecular complexity index is 1260. The van der Waals surface area contributed by atoms with E-state index in [4.69, 9.17) is 27.9 Å². The maximum Gasteiger partial charge on any atom is 0.258 e. The number of ether oxygens (including phenoxy) is 1. The molecule has 1 aromatic carbocycles. The topological polar surface area (TPSA) is 55.3 Å². The number of hydrogen-bond acceptors (Lipinski definition) is 4. The minimum Gasteiger partial charge on any atom is -0.481 e. The van der Waals surface area contributed by atoms with Gasteiger partial charge in [0.1, 0.15) is 0 Å². The van der Waals surface area contributed by atoms with E-state index < -0.39 is 0 Å². The van der Waals surface area contributed by atoms with E-state index in [2.05, 4.69) is 23.0 Å². The van der Waals surface area contributed by atoms with Crippen LogP contribution < -0.4 is 9.64 Å².